The lowest BCUT2D eigenvalue weighted by molar-refractivity contribution is 0.185. The van der Waals surface area contributed by atoms with Gasteiger partial charge >= 0.3 is 0 Å². The normalized spacial score (nSPS) is 18.8. The van der Waals surface area contributed by atoms with Crippen molar-refractivity contribution in [2.45, 2.75) is 69.1 Å². The zero-order valence-corrected chi connectivity index (χ0v) is 11.2. The highest BCUT2D eigenvalue weighted by atomic mass is 32.2. The largest absolute Gasteiger partial charge is 0.392 e. The predicted octanol–water partition coefficient (Wildman–Crippen LogP) is 4.16. The second kappa shape index (κ2) is 9.12. The molecule has 16 heavy (non-hydrogen) atoms. The van der Waals surface area contributed by atoms with Gasteiger partial charge in [-0.3, -0.25) is 0 Å². The highest BCUT2D eigenvalue weighted by Gasteiger charge is 2.16. The zero-order chi connectivity index (χ0) is 11.6. The molecule has 1 nitrogen and oxygen atoms in total. The molecule has 0 saturated heterocycles. The number of thioether (sulfide) groups is 1. The lowest BCUT2D eigenvalue weighted by Gasteiger charge is -2.13. The summed E-state index contributed by atoms with van der Waals surface area (Å²) < 4.78 is 0. The lowest BCUT2D eigenvalue weighted by Crippen LogP contribution is -2.12. The molecule has 0 bridgehead atoms. The van der Waals surface area contributed by atoms with Crippen LogP contribution in [0.3, 0.4) is 0 Å². The van der Waals surface area contributed by atoms with Crippen LogP contribution in [0.4, 0.5) is 0 Å². The quantitative estimate of drug-likeness (QED) is 0.484. The van der Waals surface area contributed by atoms with Gasteiger partial charge in [-0.15, -0.1) is 6.58 Å². The molecule has 0 aromatic carbocycles. The SMILES string of the molecule is C=CCCCCCC(O)CSC1CCCC1. The summed E-state index contributed by atoms with van der Waals surface area (Å²) >= 11 is 1.99. The fraction of sp³-hybridized carbons (Fsp3) is 0.857. The first kappa shape index (κ1) is 14.1. The molecule has 1 atom stereocenters. The summed E-state index contributed by atoms with van der Waals surface area (Å²) in [5.41, 5.74) is 0. The Labute approximate surface area is 105 Å². The molecule has 1 aliphatic rings. The summed E-state index contributed by atoms with van der Waals surface area (Å²) in [5, 5.41) is 10.7. The zero-order valence-electron chi connectivity index (χ0n) is 10.4. The number of unbranched alkanes of at least 4 members (excludes halogenated alkanes) is 3. The summed E-state index contributed by atoms with van der Waals surface area (Å²) in [6.07, 6.45) is 13.2. The van der Waals surface area contributed by atoms with Crippen LogP contribution < -0.4 is 0 Å². The van der Waals surface area contributed by atoms with Crippen molar-refractivity contribution in [3.05, 3.63) is 12.7 Å². The van der Waals surface area contributed by atoms with E-state index in [0.717, 1.165) is 23.8 Å². The molecule has 94 valence electrons. The molecular weight excluding hydrogens is 216 g/mol. The maximum atomic E-state index is 9.83. The molecule has 0 spiro atoms. The number of aliphatic hydroxyl groups excluding tert-OH is 1. The molecule has 1 aliphatic carbocycles. The van der Waals surface area contributed by atoms with Crippen molar-refractivity contribution in [3.63, 3.8) is 0 Å². The lowest BCUT2D eigenvalue weighted by atomic mass is 10.1. The molecule has 1 rings (SSSR count). The van der Waals surface area contributed by atoms with Crippen LogP contribution in [-0.2, 0) is 0 Å². The van der Waals surface area contributed by atoms with E-state index in [0.29, 0.717) is 0 Å². The van der Waals surface area contributed by atoms with Crippen LogP contribution in [0.2, 0.25) is 0 Å². The van der Waals surface area contributed by atoms with Crippen molar-refractivity contribution in [3.8, 4) is 0 Å². The Morgan fingerprint density at radius 2 is 2.00 bits per heavy atom. The Morgan fingerprint density at radius 1 is 1.25 bits per heavy atom. The van der Waals surface area contributed by atoms with E-state index in [1.54, 1.807) is 0 Å². The van der Waals surface area contributed by atoms with Crippen molar-refractivity contribution in [1.82, 2.24) is 0 Å². The molecule has 1 saturated carbocycles. The van der Waals surface area contributed by atoms with Crippen molar-refractivity contribution in [2.75, 3.05) is 5.75 Å². The molecule has 0 amide bonds. The third kappa shape index (κ3) is 6.59. The van der Waals surface area contributed by atoms with E-state index in [4.69, 9.17) is 0 Å². The van der Waals surface area contributed by atoms with E-state index in [1.165, 1.54) is 44.9 Å². The first-order valence-electron chi connectivity index (χ1n) is 6.73. The number of hydrogen-bond acceptors (Lipinski definition) is 2. The monoisotopic (exact) mass is 242 g/mol. The minimum absolute atomic E-state index is 0.0747. The number of allylic oxidation sites excluding steroid dienone is 1. The van der Waals surface area contributed by atoms with Gasteiger partial charge in [0.15, 0.2) is 0 Å². The molecule has 0 heterocycles. The van der Waals surface area contributed by atoms with Gasteiger partial charge in [0.2, 0.25) is 0 Å². The smallest absolute Gasteiger partial charge is 0.0630 e. The Balaban J connectivity index is 1.89. The maximum Gasteiger partial charge on any atom is 0.0630 e. The third-order valence-electron chi connectivity index (χ3n) is 3.27. The first-order chi connectivity index (χ1) is 7.83. The van der Waals surface area contributed by atoms with Gasteiger partial charge in [0.25, 0.3) is 0 Å². The molecule has 1 fully saturated rings. The fourth-order valence-corrected chi connectivity index (χ4v) is 3.56. The van der Waals surface area contributed by atoms with E-state index in [-0.39, 0.29) is 6.10 Å². The standard InChI is InChI=1S/C14H26OS/c1-2-3-4-5-6-9-13(15)12-16-14-10-7-8-11-14/h2,13-15H,1,3-12H2. The molecule has 0 aliphatic heterocycles. The van der Waals surface area contributed by atoms with Gasteiger partial charge in [-0.2, -0.15) is 11.8 Å². The van der Waals surface area contributed by atoms with E-state index >= 15 is 0 Å². The van der Waals surface area contributed by atoms with E-state index in [1.807, 2.05) is 17.8 Å². The van der Waals surface area contributed by atoms with Crippen LogP contribution in [0, 0.1) is 0 Å². The fourth-order valence-electron chi connectivity index (χ4n) is 2.23. The van der Waals surface area contributed by atoms with Crippen LogP contribution in [0.1, 0.15) is 57.8 Å². The van der Waals surface area contributed by atoms with Crippen LogP contribution >= 0.6 is 11.8 Å². The average Bonchev–Trinajstić information content (AvgIpc) is 2.79. The Kier molecular flexibility index (Phi) is 8.04. The second-order valence-corrected chi connectivity index (χ2v) is 6.15. The molecule has 1 N–H and O–H groups in total. The number of rotatable bonds is 9. The minimum Gasteiger partial charge on any atom is -0.392 e. The van der Waals surface area contributed by atoms with E-state index in [9.17, 15) is 5.11 Å². The summed E-state index contributed by atoms with van der Waals surface area (Å²) in [6.45, 7) is 3.71. The minimum atomic E-state index is -0.0747. The average molecular weight is 242 g/mol. The van der Waals surface area contributed by atoms with Crippen LogP contribution in [0.25, 0.3) is 0 Å². The summed E-state index contributed by atoms with van der Waals surface area (Å²) in [4.78, 5) is 0. The van der Waals surface area contributed by atoms with Crippen molar-refractivity contribution in [1.29, 1.82) is 0 Å². The summed E-state index contributed by atoms with van der Waals surface area (Å²) in [7, 11) is 0. The topological polar surface area (TPSA) is 20.2 Å². The van der Waals surface area contributed by atoms with Gasteiger partial charge in [-0.05, 0) is 32.1 Å². The highest BCUT2D eigenvalue weighted by Crippen LogP contribution is 2.30. The molecular formula is C14H26OS. The van der Waals surface area contributed by atoms with Crippen molar-refractivity contribution in [2.24, 2.45) is 0 Å². The Morgan fingerprint density at radius 3 is 2.69 bits per heavy atom. The van der Waals surface area contributed by atoms with Crippen molar-refractivity contribution >= 4 is 11.8 Å². The Bertz CT molecular complexity index is 176. The van der Waals surface area contributed by atoms with Crippen molar-refractivity contribution < 1.29 is 5.11 Å². The van der Waals surface area contributed by atoms with E-state index in [2.05, 4.69) is 6.58 Å². The van der Waals surface area contributed by atoms with Gasteiger partial charge in [0.05, 0.1) is 6.10 Å². The Hall–Kier alpha value is 0.0500. The van der Waals surface area contributed by atoms with Crippen LogP contribution in [-0.4, -0.2) is 22.2 Å². The second-order valence-electron chi connectivity index (χ2n) is 4.82. The predicted molar refractivity (Wildman–Crippen MR) is 74.0 cm³/mol. The molecule has 1 unspecified atom stereocenters. The highest BCUT2D eigenvalue weighted by molar-refractivity contribution is 7.99. The summed E-state index contributed by atoms with van der Waals surface area (Å²) in [6, 6.07) is 0. The van der Waals surface area contributed by atoms with Crippen LogP contribution in [0.5, 0.6) is 0 Å². The van der Waals surface area contributed by atoms with Gasteiger partial charge in [0.1, 0.15) is 0 Å². The molecule has 2 heteroatoms. The number of aliphatic hydroxyl groups is 1. The first-order valence-corrected chi connectivity index (χ1v) is 7.78. The maximum absolute atomic E-state index is 9.83. The van der Waals surface area contributed by atoms with Gasteiger partial charge < -0.3 is 5.11 Å². The van der Waals surface area contributed by atoms with Gasteiger partial charge in [-0.25, -0.2) is 0 Å². The van der Waals surface area contributed by atoms with Gasteiger partial charge in [0, 0.05) is 11.0 Å². The molecule has 0 aromatic rings. The van der Waals surface area contributed by atoms with Gasteiger partial charge in [-0.1, -0.05) is 31.8 Å². The molecule has 0 radical (unpaired) electrons. The summed E-state index contributed by atoms with van der Waals surface area (Å²) in [5.74, 6) is 0.951. The number of hydrogen-bond donors (Lipinski definition) is 1. The van der Waals surface area contributed by atoms with E-state index < -0.39 is 0 Å². The van der Waals surface area contributed by atoms with Crippen LogP contribution in [0.15, 0.2) is 12.7 Å². The molecule has 0 aromatic heterocycles. The third-order valence-corrected chi connectivity index (χ3v) is 4.79.